The summed E-state index contributed by atoms with van der Waals surface area (Å²) in [5.74, 6) is -3.35. The van der Waals surface area contributed by atoms with Crippen molar-refractivity contribution in [2.24, 2.45) is 17.4 Å². The molecule has 0 spiro atoms. The molecule has 40 heavy (non-hydrogen) atoms. The first-order valence-corrected chi connectivity index (χ1v) is 15.1. The lowest BCUT2D eigenvalue weighted by atomic mass is 9.92. The van der Waals surface area contributed by atoms with E-state index in [-0.39, 0.29) is 38.8 Å². The second kappa shape index (κ2) is 12.0. The van der Waals surface area contributed by atoms with Crippen molar-refractivity contribution in [3.8, 4) is 0 Å². The highest BCUT2D eigenvalue weighted by molar-refractivity contribution is 7.91. The van der Waals surface area contributed by atoms with Gasteiger partial charge in [0.05, 0.1) is 0 Å². The molecular weight excluding hydrogens is 538 g/mol. The Kier molecular flexibility index (Phi) is 8.83. The van der Waals surface area contributed by atoms with Crippen LogP contribution in [-0.2, 0) is 35.6 Å². The minimum absolute atomic E-state index is 0.00617. The molecule has 3 aliphatic rings. The summed E-state index contributed by atoms with van der Waals surface area (Å²) in [5, 5.41) is 2.63. The van der Waals surface area contributed by atoms with Gasteiger partial charge in [0.1, 0.15) is 0 Å². The van der Waals surface area contributed by atoms with E-state index < -0.39 is 56.3 Å². The van der Waals surface area contributed by atoms with Crippen LogP contribution < -0.4 is 21.5 Å². The van der Waals surface area contributed by atoms with E-state index in [0.717, 1.165) is 16.9 Å². The number of ether oxygens (including phenoxy) is 1. The molecule has 218 valence electrons. The molecule has 1 aromatic carbocycles. The summed E-state index contributed by atoms with van der Waals surface area (Å²) in [6.45, 7) is 0.115. The summed E-state index contributed by atoms with van der Waals surface area (Å²) in [7, 11) is -4.12. The fourth-order valence-corrected chi connectivity index (χ4v) is 7.44. The Morgan fingerprint density at radius 1 is 1.10 bits per heavy atom. The van der Waals surface area contributed by atoms with Gasteiger partial charge in [-0.2, -0.15) is 0 Å². The van der Waals surface area contributed by atoms with Gasteiger partial charge in [-0.15, -0.1) is 0 Å². The Balaban J connectivity index is 1.65. The summed E-state index contributed by atoms with van der Waals surface area (Å²) in [6.07, 6.45) is 4.76. The number of carbonyl (C=O) groups excluding carboxylic acids is 4. The SMILES string of the molecule is NC(=O)OC1CCCCC/C=C\C2CC2(S(=O)(=O)NCCc2ccccc2)NC(=O)C2(C(N)=O)CCCN2C1=O. The van der Waals surface area contributed by atoms with E-state index in [1.165, 1.54) is 0 Å². The number of allylic oxidation sites excluding steroid dienone is 1. The molecule has 0 bridgehead atoms. The van der Waals surface area contributed by atoms with Gasteiger partial charge in [-0.05, 0) is 56.9 Å². The largest absolute Gasteiger partial charge is 0.436 e. The molecule has 4 amide bonds. The summed E-state index contributed by atoms with van der Waals surface area (Å²) >= 11 is 0. The first-order chi connectivity index (χ1) is 19.0. The van der Waals surface area contributed by atoms with Crippen molar-refractivity contribution >= 4 is 33.8 Å². The molecule has 12 nitrogen and oxygen atoms in total. The summed E-state index contributed by atoms with van der Waals surface area (Å²) in [5.41, 5.74) is 9.77. The van der Waals surface area contributed by atoms with Gasteiger partial charge in [-0.3, -0.25) is 14.4 Å². The van der Waals surface area contributed by atoms with Gasteiger partial charge in [-0.25, -0.2) is 17.9 Å². The number of carbonyl (C=O) groups is 4. The molecule has 1 saturated heterocycles. The molecule has 0 aromatic heterocycles. The highest BCUT2D eigenvalue weighted by Gasteiger charge is 2.67. The van der Waals surface area contributed by atoms with Gasteiger partial charge in [0.15, 0.2) is 11.0 Å². The number of hydrogen-bond acceptors (Lipinski definition) is 7. The molecule has 1 aliphatic carbocycles. The second-order valence-corrected chi connectivity index (χ2v) is 12.6. The summed E-state index contributed by atoms with van der Waals surface area (Å²) in [4.78, 5) is 51.2. The number of amides is 4. The second-order valence-electron chi connectivity index (χ2n) is 10.6. The Bertz CT molecular complexity index is 1270. The maximum Gasteiger partial charge on any atom is 0.405 e. The van der Waals surface area contributed by atoms with Crippen LogP contribution in [0.3, 0.4) is 0 Å². The topological polar surface area (TPSA) is 191 Å². The van der Waals surface area contributed by atoms with Crippen LogP contribution in [0.4, 0.5) is 4.79 Å². The first kappa shape index (κ1) is 29.5. The van der Waals surface area contributed by atoms with Crippen molar-refractivity contribution in [1.29, 1.82) is 0 Å². The average molecular weight is 576 g/mol. The molecule has 2 heterocycles. The Labute approximate surface area is 233 Å². The van der Waals surface area contributed by atoms with Crippen LogP contribution in [-0.4, -0.2) is 66.7 Å². The van der Waals surface area contributed by atoms with Gasteiger partial charge in [0, 0.05) is 19.0 Å². The van der Waals surface area contributed by atoms with E-state index in [1.807, 2.05) is 36.4 Å². The van der Waals surface area contributed by atoms with Crippen LogP contribution >= 0.6 is 0 Å². The molecule has 6 N–H and O–H groups in total. The number of benzene rings is 1. The zero-order chi connectivity index (χ0) is 29.0. The van der Waals surface area contributed by atoms with Gasteiger partial charge < -0.3 is 26.4 Å². The van der Waals surface area contributed by atoms with Crippen LogP contribution in [0, 0.1) is 5.92 Å². The molecule has 1 saturated carbocycles. The highest BCUT2D eigenvalue weighted by atomic mass is 32.2. The number of primary amides is 2. The molecule has 4 rings (SSSR count). The van der Waals surface area contributed by atoms with E-state index in [9.17, 15) is 27.6 Å². The van der Waals surface area contributed by atoms with Crippen molar-refractivity contribution in [3.05, 3.63) is 48.0 Å². The number of rotatable bonds is 7. The molecule has 1 aromatic rings. The molecular formula is C27H37N5O7S. The van der Waals surface area contributed by atoms with Gasteiger partial charge in [-0.1, -0.05) is 48.9 Å². The van der Waals surface area contributed by atoms with Crippen LogP contribution in [0.25, 0.3) is 0 Å². The predicted molar refractivity (Wildman–Crippen MR) is 146 cm³/mol. The number of nitrogens with one attached hydrogen (secondary N) is 2. The number of sulfonamides is 1. The highest BCUT2D eigenvalue weighted by Crippen LogP contribution is 2.49. The van der Waals surface area contributed by atoms with Gasteiger partial charge in [0.25, 0.3) is 17.7 Å². The number of nitrogens with zero attached hydrogens (tertiary/aromatic N) is 1. The predicted octanol–water partition coefficient (Wildman–Crippen LogP) is 0.812. The maximum atomic E-state index is 13.9. The Morgan fingerprint density at radius 2 is 1.85 bits per heavy atom. The lowest BCUT2D eigenvalue weighted by Crippen LogP contribution is -2.68. The van der Waals surface area contributed by atoms with E-state index in [2.05, 4.69) is 10.0 Å². The lowest BCUT2D eigenvalue weighted by Gasteiger charge is -2.37. The fraction of sp³-hybridized carbons (Fsp3) is 0.556. The molecule has 4 unspecified atom stereocenters. The molecule has 2 fully saturated rings. The van der Waals surface area contributed by atoms with E-state index in [1.54, 1.807) is 6.08 Å². The molecule has 2 aliphatic heterocycles. The summed E-state index contributed by atoms with van der Waals surface area (Å²) < 4.78 is 35.0. The van der Waals surface area contributed by atoms with Gasteiger partial charge in [0.2, 0.25) is 15.6 Å². The average Bonchev–Trinajstić information content (AvgIpc) is 3.41. The standard InChI is InChI=1S/C27H37N5O7S/c28-23(34)26-15-9-17-32(26)22(33)21(39-25(29)36)13-8-3-1-2-7-12-20-18-27(20,31-24(26)35)40(37,38)30-16-14-19-10-5-4-6-11-19/h4-7,10-12,20-21,30H,1-3,8-9,13-18H2,(H2,28,34)(H2,29,36)(H,31,35)/b12-7-. The third-order valence-corrected chi connectivity index (χ3v) is 10.1. The van der Waals surface area contributed by atoms with Crippen LogP contribution in [0.15, 0.2) is 42.5 Å². The fourth-order valence-electron chi connectivity index (χ4n) is 5.71. The minimum atomic E-state index is -4.12. The minimum Gasteiger partial charge on any atom is -0.436 e. The van der Waals surface area contributed by atoms with Crippen molar-refractivity contribution < 1.29 is 32.3 Å². The maximum absolute atomic E-state index is 13.9. The molecule has 13 heteroatoms. The zero-order valence-electron chi connectivity index (χ0n) is 22.3. The zero-order valence-corrected chi connectivity index (χ0v) is 23.2. The van der Waals surface area contributed by atoms with Crippen molar-refractivity contribution in [2.45, 2.75) is 74.3 Å². The van der Waals surface area contributed by atoms with E-state index >= 15 is 0 Å². The van der Waals surface area contributed by atoms with Crippen molar-refractivity contribution in [3.63, 3.8) is 0 Å². The Hall–Kier alpha value is -3.45. The van der Waals surface area contributed by atoms with Crippen molar-refractivity contribution in [1.82, 2.24) is 14.9 Å². The number of fused-ring (bicyclic) bond motifs is 2. The Morgan fingerprint density at radius 3 is 2.55 bits per heavy atom. The van der Waals surface area contributed by atoms with E-state index in [0.29, 0.717) is 25.7 Å². The smallest absolute Gasteiger partial charge is 0.405 e. The van der Waals surface area contributed by atoms with Crippen LogP contribution in [0.1, 0.15) is 56.9 Å². The van der Waals surface area contributed by atoms with Crippen LogP contribution in [0.2, 0.25) is 0 Å². The molecule has 0 radical (unpaired) electrons. The number of nitrogens with two attached hydrogens (primary N) is 2. The van der Waals surface area contributed by atoms with Crippen molar-refractivity contribution in [2.75, 3.05) is 13.1 Å². The quantitative estimate of drug-likeness (QED) is 0.273. The summed E-state index contributed by atoms with van der Waals surface area (Å²) in [6, 6.07) is 9.37. The third kappa shape index (κ3) is 5.85. The molecule has 4 atom stereocenters. The number of hydrogen-bond donors (Lipinski definition) is 4. The monoisotopic (exact) mass is 575 g/mol. The van der Waals surface area contributed by atoms with Crippen LogP contribution in [0.5, 0.6) is 0 Å². The third-order valence-electron chi connectivity index (χ3n) is 7.98. The van der Waals surface area contributed by atoms with E-state index in [4.69, 9.17) is 16.2 Å². The van der Waals surface area contributed by atoms with Gasteiger partial charge >= 0.3 is 6.09 Å². The normalized spacial score (nSPS) is 30.1. The lowest BCUT2D eigenvalue weighted by molar-refractivity contribution is -0.157. The first-order valence-electron chi connectivity index (χ1n) is 13.6.